The summed E-state index contributed by atoms with van der Waals surface area (Å²) in [6.07, 6.45) is 0. The fraction of sp³-hybridized carbons (Fsp3) is 0.0909. The van der Waals surface area contributed by atoms with Gasteiger partial charge in [0.05, 0.1) is 16.2 Å². The van der Waals surface area contributed by atoms with Crippen LogP contribution in [0.3, 0.4) is 0 Å². The Morgan fingerprint density at radius 2 is 1.77 bits per heavy atom. The number of aromatic hydroxyl groups is 1. The number of aliphatic hydroxyl groups excluding tert-OH is 1. The zero-order valence-corrected chi connectivity index (χ0v) is 17.0. The molecule has 4 rings (SSSR count). The first-order valence-corrected chi connectivity index (χ1v) is 10.1. The smallest absolute Gasteiger partial charge is 0.300 e. The number of non-ortho nitro benzene ring substituents is 1. The number of thiophene rings is 1. The van der Waals surface area contributed by atoms with Crippen LogP contribution in [0.15, 0.2) is 65.6 Å². The lowest BCUT2D eigenvalue weighted by Gasteiger charge is -2.25. The molecule has 8 nitrogen and oxygen atoms in total. The Labute approximate surface area is 180 Å². The van der Waals surface area contributed by atoms with Crippen LogP contribution in [0.2, 0.25) is 0 Å². The van der Waals surface area contributed by atoms with Crippen molar-refractivity contribution < 1.29 is 24.7 Å². The number of ketones is 1. The second-order valence-electron chi connectivity index (χ2n) is 6.93. The van der Waals surface area contributed by atoms with E-state index in [4.69, 9.17) is 0 Å². The van der Waals surface area contributed by atoms with Crippen LogP contribution in [0.1, 0.15) is 22.0 Å². The molecule has 1 aliphatic heterocycles. The molecule has 2 aromatic carbocycles. The van der Waals surface area contributed by atoms with Crippen molar-refractivity contribution in [3.63, 3.8) is 0 Å². The second-order valence-corrected chi connectivity index (χ2v) is 7.88. The molecule has 0 spiro atoms. The quantitative estimate of drug-likeness (QED) is 0.207. The van der Waals surface area contributed by atoms with Gasteiger partial charge in [-0.2, -0.15) is 0 Å². The fourth-order valence-corrected chi connectivity index (χ4v) is 4.58. The predicted octanol–water partition coefficient (Wildman–Crippen LogP) is 4.30. The molecule has 0 radical (unpaired) electrons. The summed E-state index contributed by atoms with van der Waals surface area (Å²) in [4.78, 5) is 38.2. The average molecular weight is 436 g/mol. The van der Waals surface area contributed by atoms with Crippen molar-refractivity contribution in [1.82, 2.24) is 0 Å². The van der Waals surface area contributed by atoms with E-state index in [1.165, 1.54) is 52.6 Å². The number of aliphatic hydroxyl groups is 1. The Balaban J connectivity index is 1.94. The largest absolute Gasteiger partial charge is 0.507 e. The summed E-state index contributed by atoms with van der Waals surface area (Å²) >= 11 is 1.32. The minimum absolute atomic E-state index is 0.144. The topological polar surface area (TPSA) is 121 Å². The lowest BCUT2D eigenvalue weighted by Crippen LogP contribution is -2.29. The summed E-state index contributed by atoms with van der Waals surface area (Å²) in [5.41, 5.74) is 0.807. The van der Waals surface area contributed by atoms with Gasteiger partial charge in [-0.05, 0) is 48.2 Å². The maximum atomic E-state index is 13.0. The number of para-hydroxylation sites is 2. The highest BCUT2D eigenvalue weighted by atomic mass is 32.1. The predicted molar refractivity (Wildman–Crippen MR) is 115 cm³/mol. The van der Waals surface area contributed by atoms with Crippen molar-refractivity contribution in [3.05, 3.63) is 91.7 Å². The lowest BCUT2D eigenvalue weighted by molar-refractivity contribution is -0.384. The molecule has 1 atom stereocenters. The van der Waals surface area contributed by atoms with Gasteiger partial charge >= 0.3 is 0 Å². The van der Waals surface area contributed by atoms with E-state index in [2.05, 4.69) is 0 Å². The SMILES string of the molecule is Cc1ccsc1C1/C(=C(/O)c2ccc([N+](=O)[O-])cc2)C(=O)C(=O)N1c1ccccc1O. The maximum absolute atomic E-state index is 13.0. The van der Waals surface area contributed by atoms with Crippen molar-refractivity contribution in [3.8, 4) is 5.75 Å². The van der Waals surface area contributed by atoms with Gasteiger partial charge in [0.1, 0.15) is 17.6 Å². The van der Waals surface area contributed by atoms with Gasteiger partial charge in [-0.15, -0.1) is 11.3 Å². The minimum Gasteiger partial charge on any atom is -0.507 e. The minimum atomic E-state index is -0.955. The standard InChI is InChI=1S/C22H16N2O6S/c1-12-10-11-31-21(12)18-17(19(26)13-6-8-14(9-7-13)24(29)30)20(27)22(28)23(18)15-4-2-3-5-16(15)25/h2-11,18,25-26H,1H3/b19-17-. The monoisotopic (exact) mass is 436 g/mol. The summed E-state index contributed by atoms with van der Waals surface area (Å²) in [7, 11) is 0. The van der Waals surface area contributed by atoms with Crippen LogP contribution < -0.4 is 4.90 Å². The molecular formula is C22H16N2O6S. The molecule has 156 valence electrons. The number of phenols is 1. The number of phenolic OH excluding ortho intramolecular Hbond substituents is 1. The number of aryl methyl sites for hydroxylation is 1. The molecule has 2 heterocycles. The molecule has 1 aromatic heterocycles. The number of hydrogen-bond donors (Lipinski definition) is 2. The Morgan fingerprint density at radius 3 is 2.35 bits per heavy atom. The van der Waals surface area contributed by atoms with E-state index in [-0.39, 0.29) is 28.3 Å². The van der Waals surface area contributed by atoms with Gasteiger partial charge in [-0.3, -0.25) is 24.6 Å². The van der Waals surface area contributed by atoms with Crippen LogP contribution in [0, 0.1) is 17.0 Å². The Hall–Kier alpha value is -3.98. The molecule has 2 N–H and O–H groups in total. The first kappa shape index (κ1) is 20.3. The Bertz CT molecular complexity index is 1240. The molecule has 0 aliphatic carbocycles. The number of carbonyl (C=O) groups is 2. The van der Waals surface area contributed by atoms with Crippen LogP contribution in [-0.2, 0) is 9.59 Å². The first-order chi connectivity index (χ1) is 14.8. The number of anilines is 1. The van der Waals surface area contributed by atoms with E-state index < -0.39 is 28.4 Å². The lowest BCUT2D eigenvalue weighted by atomic mass is 9.98. The van der Waals surface area contributed by atoms with E-state index in [1.54, 1.807) is 12.1 Å². The van der Waals surface area contributed by atoms with Crippen LogP contribution >= 0.6 is 11.3 Å². The van der Waals surface area contributed by atoms with Crippen LogP contribution in [0.25, 0.3) is 5.76 Å². The number of benzene rings is 2. The fourth-order valence-electron chi connectivity index (χ4n) is 3.56. The number of hydrogen-bond acceptors (Lipinski definition) is 7. The Morgan fingerprint density at radius 1 is 1.10 bits per heavy atom. The second kappa shape index (κ2) is 7.69. The van der Waals surface area contributed by atoms with Crippen LogP contribution in [0.5, 0.6) is 5.75 Å². The zero-order chi connectivity index (χ0) is 22.3. The molecule has 31 heavy (non-hydrogen) atoms. The van der Waals surface area contributed by atoms with Gasteiger partial charge in [0.2, 0.25) is 0 Å². The van der Waals surface area contributed by atoms with E-state index in [1.807, 2.05) is 18.4 Å². The number of Topliss-reactive ketones (excluding diaryl/α,β-unsaturated/α-hetero) is 1. The van der Waals surface area contributed by atoms with Gasteiger partial charge in [0.25, 0.3) is 17.4 Å². The molecule has 1 amide bonds. The summed E-state index contributed by atoms with van der Waals surface area (Å²) in [5, 5.41) is 34.0. The van der Waals surface area contributed by atoms with Crippen molar-refractivity contribution in [2.75, 3.05) is 4.90 Å². The van der Waals surface area contributed by atoms with Crippen molar-refractivity contribution in [2.45, 2.75) is 13.0 Å². The number of amides is 1. The summed E-state index contributed by atoms with van der Waals surface area (Å²) in [6, 6.07) is 12.1. The van der Waals surface area contributed by atoms with Gasteiger partial charge in [0.15, 0.2) is 0 Å². The highest BCUT2D eigenvalue weighted by Crippen LogP contribution is 2.46. The maximum Gasteiger partial charge on any atom is 0.300 e. The van der Waals surface area contributed by atoms with Crippen molar-refractivity contribution >= 4 is 40.2 Å². The number of nitro benzene ring substituents is 1. The number of nitro groups is 1. The van der Waals surface area contributed by atoms with Gasteiger partial charge < -0.3 is 10.2 Å². The summed E-state index contributed by atoms with van der Waals surface area (Å²) in [6.45, 7) is 1.82. The zero-order valence-electron chi connectivity index (χ0n) is 16.2. The number of rotatable bonds is 4. The number of carbonyl (C=O) groups excluding carboxylic acids is 2. The molecule has 9 heteroatoms. The molecule has 1 aliphatic rings. The van der Waals surface area contributed by atoms with Gasteiger partial charge in [0, 0.05) is 22.6 Å². The first-order valence-electron chi connectivity index (χ1n) is 9.19. The van der Waals surface area contributed by atoms with E-state index in [9.17, 15) is 29.9 Å². The van der Waals surface area contributed by atoms with Crippen molar-refractivity contribution in [1.29, 1.82) is 0 Å². The van der Waals surface area contributed by atoms with Gasteiger partial charge in [-0.25, -0.2) is 0 Å². The molecular weight excluding hydrogens is 420 g/mol. The number of nitrogens with zero attached hydrogens (tertiary/aromatic N) is 2. The van der Waals surface area contributed by atoms with Gasteiger partial charge in [-0.1, -0.05) is 12.1 Å². The summed E-state index contributed by atoms with van der Waals surface area (Å²) < 4.78 is 0. The summed E-state index contributed by atoms with van der Waals surface area (Å²) in [5.74, 6) is -2.41. The van der Waals surface area contributed by atoms with Crippen molar-refractivity contribution in [2.24, 2.45) is 0 Å². The van der Waals surface area contributed by atoms with E-state index in [0.29, 0.717) is 4.88 Å². The molecule has 0 saturated carbocycles. The molecule has 1 unspecified atom stereocenters. The normalized spacial score (nSPS) is 17.8. The Kier molecular flexibility index (Phi) is 5.04. The van der Waals surface area contributed by atoms with Crippen LogP contribution in [0.4, 0.5) is 11.4 Å². The average Bonchev–Trinajstić information content (AvgIpc) is 3.29. The highest BCUT2D eigenvalue weighted by Gasteiger charge is 2.48. The van der Waals surface area contributed by atoms with Crippen LogP contribution in [-0.4, -0.2) is 26.8 Å². The van der Waals surface area contributed by atoms with E-state index >= 15 is 0 Å². The van der Waals surface area contributed by atoms with E-state index in [0.717, 1.165) is 5.56 Å². The molecule has 1 fully saturated rings. The molecule has 0 bridgehead atoms. The third-order valence-electron chi connectivity index (χ3n) is 5.09. The third kappa shape index (κ3) is 3.34. The molecule has 3 aromatic rings. The molecule has 1 saturated heterocycles. The highest BCUT2D eigenvalue weighted by molar-refractivity contribution is 7.10. The third-order valence-corrected chi connectivity index (χ3v) is 6.16.